The van der Waals surface area contributed by atoms with Gasteiger partial charge in [0.2, 0.25) is 45.6 Å². The number of nitrogens with zero attached hydrogens (tertiary/aromatic N) is 8. The first-order valence-corrected chi connectivity index (χ1v) is 42.2. The van der Waals surface area contributed by atoms with E-state index in [0.29, 0.717) is 17.5 Å². The number of hydrogen-bond acceptors (Lipinski definition) is 8. The number of aryl methyl sites for hydroxylation is 10. The lowest BCUT2D eigenvalue weighted by molar-refractivity contribution is -0.660. The summed E-state index contributed by atoms with van der Waals surface area (Å²) in [5.41, 5.74) is 31.6. The number of furan rings is 4. The van der Waals surface area contributed by atoms with Gasteiger partial charge in [0, 0.05) is 120 Å². The zero-order valence-corrected chi connectivity index (χ0v) is 73.6. The van der Waals surface area contributed by atoms with E-state index in [0.717, 1.165) is 148 Å². The fourth-order valence-corrected chi connectivity index (χ4v) is 17.2. The third kappa shape index (κ3) is 17.7. The van der Waals surface area contributed by atoms with E-state index in [1.807, 2.05) is 13.0 Å². The van der Waals surface area contributed by atoms with Crippen molar-refractivity contribution in [2.45, 2.75) is 215 Å². The Morgan fingerprint density at radius 2 is 0.647 bits per heavy atom. The van der Waals surface area contributed by atoms with Crippen molar-refractivity contribution in [2.75, 3.05) is 0 Å². The van der Waals surface area contributed by atoms with Crippen LogP contribution in [-0.2, 0) is 60.3 Å². The molecule has 0 unspecified atom stereocenters. The second-order valence-corrected chi connectivity index (χ2v) is 38.5. The standard InChI is InChI=1S/C29H35N2O.C26H31N2O.C25H29N2O.C24H27N2O/c1-19-11-12-22-23-13-14-24(21-9-7-6-8-10-21)30-28(23)32-27(22)26(19)25-17-20(15-16-31(25)5)18-29(2,3)4;1-16(2)21-11-10-20-19-9-8-17(3)23(24(19)29-25(20)27-21)22-14-18(12-13-28(22)7)15-26(4,5)6;1-7-18-9-11-20-19-10-8-16(2)22(23(19)28-24(20)26-18)21-14-17(12-13-27(21)6)15-25(3,4)5;1-15-7-9-18-19-10-8-16(2)25-23(19)27-22(18)21(15)20-13-17(11-12-26(20)6)14-24(3,4)5/h11-17,21H,6-10,18H2,1-5H3;8-14,16H,15H2,1-7H3;8-14H,7,15H2,1-6H3;7-13H,14H2,1-6H3/q4*+1. The zero-order chi connectivity index (χ0) is 82.8. The summed E-state index contributed by atoms with van der Waals surface area (Å²) in [5, 5.41) is 8.90. The number of rotatable bonds is 11. The van der Waals surface area contributed by atoms with E-state index in [9.17, 15) is 0 Å². The van der Waals surface area contributed by atoms with Crippen LogP contribution in [0.3, 0.4) is 0 Å². The molecule has 12 aromatic heterocycles. The maximum atomic E-state index is 6.52. The predicted octanol–water partition coefficient (Wildman–Crippen LogP) is 25.5. The molecule has 116 heavy (non-hydrogen) atoms. The number of pyridine rings is 8. The van der Waals surface area contributed by atoms with Gasteiger partial charge in [0.25, 0.3) is 0 Å². The smallest absolute Gasteiger partial charge is 0.227 e. The van der Waals surface area contributed by atoms with Gasteiger partial charge in [0.05, 0.1) is 22.3 Å². The minimum Gasteiger partial charge on any atom is -0.437 e. The molecule has 0 radical (unpaired) electrons. The van der Waals surface area contributed by atoms with Crippen LogP contribution < -0.4 is 18.3 Å². The van der Waals surface area contributed by atoms with E-state index >= 15 is 0 Å². The second kappa shape index (κ2) is 32.4. The van der Waals surface area contributed by atoms with Gasteiger partial charge in [0.1, 0.15) is 28.2 Å². The molecule has 0 spiro atoms. The van der Waals surface area contributed by atoms with Crippen LogP contribution in [0.2, 0.25) is 0 Å². The third-order valence-corrected chi connectivity index (χ3v) is 22.9. The van der Waals surface area contributed by atoms with Crippen molar-refractivity contribution in [1.29, 1.82) is 0 Å². The van der Waals surface area contributed by atoms with E-state index in [-0.39, 0.29) is 21.7 Å². The highest BCUT2D eigenvalue weighted by molar-refractivity contribution is 6.12. The predicted molar refractivity (Wildman–Crippen MR) is 478 cm³/mol. The molecular formula is C104H122N8O4+4. The summed E-state index contributed by atoms with van der Waals surface area (Å²) >= 11 is 0. The molecule has 1 aliphatic rings. The maximum absolute atomic E-state index is 6.52. The average molecular weight is 1550 g/mol. The van der Waals surface area contributed by atoms with E-state index in [1.54, 1.807) is 0 Å². The van der Waals surface area contributed by atoms with Gasteiger partial charge >= 0.3 is 0 Å². The van der Waals surface area contributed by atoms with Crippen molar-refractivity contribution in [3.8, 4) is 45.0 Å². The molecule has 0 amide bonds. The van der Waals surface area contributed by atoms with E-state index in [1.165, 1.54) is 111 Å². The van der Waals surface area contributed by atoms with Gasteiger partial charge < -0.3 is 17.7 Å². The van der Waals surface area contributed by atoms with Crippen LogP contribution >= 0.6 is 0 Å². The molecule has 0 N–H and O–H groups in total. The van der Waals surface area contributed by atoms with Crippen molar-refractivity contribution in [2.24, 2.45) is 49.9 Å². The summed E-state index contributed by atoms with van der Waals surface area (Å²) < 4.78 is 34.3. The second-order valence-electron chi connectivity index (χ2n) is 38.5. The minimum atomic E-state index is 0.245. The summed E-state index contributed by atoms with van der Waals surface area (Å²) in [6, 6.07) is 52.7. The lowest BCUT2D eigenvalue weighted by atomic mass is 9.86. The first kappa shape index (κ1) is 81.8. The normalized spacial score (nSPS) is 13.2. The van der Waals surface area contributed by atoms with E-state index < -0.39 is 0 Å². The Morgan fingerprint density at radius 3 is 0.983 bits per heavy atom. The van der Waals surface area contributed by atoms with E-state index in [4.69, 9.17) is 32.6 Å². The molecule has 0 aliphatic heterocycles. The molecule has 12 nitrogen and oxygen atoms in total. The Kier molecular flexibility index (Phi) is 22.9. The van der Waals surface area contributed by atoms with Crippen LogP contribution in [0.5, 0.6) is 0 Å². The van der Waals surface area contributed by atoms with Crippen LogP contribution in [0.25, 0.3) is 133 Å². The highest BCUT2D eigenvalue weighted by atomic mass is 16.4. The third-order valence-electron chi connectivity index (χ3n) is 22.9. The highest BCUT2D eigenvalue weighted by Gasteiger charge is 2.30. The number of benzene rings is 4. The summed E-state index contributed by atoms with van der Waals surface area (Å²) in [6.07, 6.45) is 20.2. The van der Waals surface area contributed by atoms with Crippen molar-refractivity contribution >= 4 is 88.3 Å². The molecule has 0 atom stereocenters. The minimum absolute atomic E-state index is 0.245. The largest absolute Gasteiger partial charge is 0.437 e. The molecule has 598 valence electrons. The fraction of sp³-hybridized carbons (Fsp3) is 0.385. The average Bonchev–Trinajstić information content (AvgIpc) is 1.63. The van der Waals surface area contributed by atoms with Crippen LogP contribution in [0.15, 0.2) is 188 Å². The first-order valence-electron chi connectivity index (χ1n) is 42.2. The lowest BCUT2D eigenvalue weighted by Gasteiger charge is -2.20. The van der Waals surface area contributed by atoms with Gasteiger partial charge in [-0.2, -0.15) is 0 Å². The lowest BCUT2D eigenvalue weighted by Crippen LogP contribution is -2.31. The van der Waals surface area contributed by atoms with Gasteiger partial charge in [-0.15, -0.1) is 0 Å². The molecule has 1 fully saturated rings. The van der Waals surface area contributed by atoms with Crippen LogP contribution in [-0.4, -0.2) is 19.9 Å². The van der Waals surface area contributed by atoms with E-state index in [2.05, 4.69) is 347 Å². The highest BCUT2D eigenvalue weighted by Crippen LogP contribution is 2.44. The molecular weight excluding hydrogens is 1430 g/mol. The Bertz CT molecular complexity index is 6380. The summed E-state index contributed by atoms with van der Waals surface area (Å²) in [4.78, 5) is 19.1. The summed E-state index contributed by atoms with van der Waals surface area (Å²) in [7, 11) is 8.42. The molecule has 4 aromatic carbocycles. The van der Waals surface area contributed by atoms with Gasteiger partial charge in [-0.25, -0.2) is 38.2 Å². The molecule has 17 rings (SSSR count). The number of fused-ring (bicyclic) bond motifs is 12. The SMILES string of the molecule is CCc1ccc2c(n1)oc1c(-c3cc(CC(C)(C)C)cc[n+]3C)c(C)ccc12.Cc1ccc2c(n1)oc1c(-c3cc(CC(C)(C)C)cc[n+]3C)c(C)ccc12.Cc1ccc2c(oc3nc(C(C)C)ccc32)c1-c1cc(CC(C)(C)C)cc[n+]1C.Cc1ccc2c(oc3nc(C4CCCCC4)ccc32)c1-c1cc(CC(C)(C)C)cc[n+]1C. The zero-order valence-electron chi connectivity index (χ0n) is 73.6. The topological polar surface area (TPSA) is 120 Å². The molecule has 12 heteroatoms. The number of aromatic nitrogens is 8. The van der Waals surface area contributed by atoms with Crippen LogP contribution in [0.1, 0.15) is 215 Å². The molecule has 16 aromatic rings. The van der Waals surface area contributed by atoms with Crippen LogP contribution in [0.4, 0.5) is 0 Å². The molecule has 1 aliphatic carbocycles. The summed E-state index contributed by atoms with van der Waals surface area (Å²) in [5.74, 6) is 0.954. The van der Waals surface area contributed by atoms with Gasteiger partial charge in [0.15, 0.2) is 47.1 Å². The van der Waals surface area contributed by atoms with Crippen molar-refractivity contribution < 1.29 is 35.9 Å². The van der Waals surface area contributed by atoms with Crippen molar-refractivity contribution in [1.82, 2.24) is 19.9 Å². The summed E-state index contributed by atoms with van der Waals surface area (Å²) in [6.45, 7) is 44.5. The molecule has 12 heterocycles. The van der Waals surface area contributed by atoms with Gasteiger partial charge in [-0.05, 0) is 200 Å². The van der Waals surface area contributed by atoms with Crippen molar-refractivity contribution in [3.05, 3.63) is 238 Å². The fourth-order valence-electron chi connectivity index (χ4n) is 17.2. The Morgan fingerprint density at radius 1 is 0.345 bits per heavy atom. The Labute approximate surface area is 687 Å². The maximum Gasteiger partial charge on any atom is 0.227 e. The quantitative estimate of drug-likeness (QED) is 0.117. The van der Waals surface area contributed by atoms with Crippen molar-refractivity contribution in [3.63, 3.8) is 0 Å². The Balaban J connectivity index is 0.000000128. The number of hydrogen-bond donors (Lipinski definition) is 0. The van der Waals surface area contributed by atoms with Gasteiger partial charge in [-0.3, -0.25) is 0 Å². The molecule has 1 saturated carbocycles. The molecule has 0 bridgehead atoms. The monoisotopic (exact) mass is 1550 g/mol. The first-order chi connectivity index (χ1) is 54.9. The molecule has 0 saturated heterocycles. The van der Waals surface area contributed by atoms with Gasteiger partial charge in [-0.1, -0.05) is 172 Å². The van der Waals surface area contributed by atoms with Crippen LogP contribution in [0, 0.1) is 56.3 Å². The Hall–Kier alpha value is -10.7.